The lowest BCUT2D eigenvalue weighted by Gasteiger charge is -2.28. The molecule has 0 aliphatic carbocycles. The largest absolute Gasteiger partial charge is 0.504 e. The van der Waals surface area contributed by atoms with E-state index in [0.717, 1.165) is 0 Å². The molecular formula is C28H42O6. The van der Waals surface area contributed by atoms with E-state index in [1.807, 2.05) is 83.1 Å². The van der Waals surface area contributed by atoms with Crippen molar-refractivity contribution in [3.63, 3.8) is 0 Å². The quantitative estimate of drug-likeness (QED) is 0.468. The maximum Gasteiger partial charge on any atom is 0.166 e. The van der Waals surface area contributed by atoms with Gasteiger partial charge in [0.05, 0.1) is 0 Å². The second-order valence-electron chi connectivity index (χ2n) is 12.5. The van der Waals surface area contributed by atoms with Crippen LogP contribution in [-0.2, 0) is 0 Å². The van der Waals surface area contributed by atoms with Gasteiger partial charge < -0.3 is 29.2 Å². The summed E-state index contributed by atoms with van der Waals surface area (Å²) >= 11 is 0. The second kappa shape index (κ2) is 9.12. The normalized spacial score (nSPS) is 12.9. The van der Waals surface area contributed by atoms with Crippen LogP contribution in [0.3, 0.4) is 0 Å². The second-order valence-corrected chi connectivity index (χ2v) is 12.5. The van der Waals surface area contributed by atoms with Crippen LogP contribution in [-0.4, -0.2) is 32.6 Å². The first-order valence-electron chi connectivity index (χ1n) is 11.6. The summed E-state index contributed by atoms with van der Waals surface area (Å²) in [7, 11) is 0. The zero-order chi connectivity index (χ0) is 26.3. The fraction of sp³-hybridized carbons (Fsp3) is 0.571. The smallest absolute Gasteiger partial charge is 0.166 e. The first kappa shape index (κ1) is 27.5. The number of hydrogen-bond donors (Lipinski definition) is 2. The van der Waals surface area contributed by atoms with Gasteiger partial charge in [-0.1, -0.05) is 0 Å². The summed E-state index contributed by atoms with van der Waals surface area (Å²) in [6.45, 7) is 23.0. The van der Waals surface area contributed by atoms with Gasteiger partial charge >= 0.3 is 0 Å². The fourth-order valence-corrected chi connectivity index (χ4v) is 3.22. The van der Waals surface area contributed by atoms with Crippen molar-refractivity contribution < 1.29 is 29.2 Å². The molecule has 0 bridgehead atoms. The van der Waals surface area contributed by atoms with Gasteiger partial charge in [-0.3, -0.25) is 0 Å². The Morgan fingerprint density at radius 3 is 0.941 bits per heavy atom. The summed E-state index contributed by atoms with van der Waals surface area (Å²) in [6, 6.07) is 6.70. The number of rotatable bonds is 5. The van der Waals surface area contributed by atoms with E-state index in [-0.39, 0.29) is 23.0 Å². The van der Waals surface area contributed by atoms with Crippen molar-refractivity contribution in [3.8, 4) is 45.6 Å². The van der Waals surface area contributed by atoms with E-state index in [0.29, 0.717) is 22.6 Å². The molecule has 0 aromatic heterocycles. The number of phenolic OH excluding ortho intramolecular Hbond substituents is 2. The molecule has 190 valence electrons. The van der Waals surface area contributed by atoms with Gasteiger partial charge in [0, 0.05) is 23.3 Å². The molecule has 34 heavy (non-hydrogen) atoms. The standard InChI is InChI=1S/C28H42O6/c1-25(2,3)31-17-13-19(23(29)21(15-17)33-27(7,8)9)20-14-18(32-26(4,5)6)16-22(24(20)30)34-28(10,11)12/h13-16,29-30H,1-12H3. The highest BCUT2D eigenvalue weighted by atomic mass is 16.5. The van der Waals surface area contributed by atoms with E-state index in [9.17, 15) is 10.2 Å². The van der Waals surface area contributed by atoms with Crippen molar-refractivity contribution in [1.29, 1.82) is 0 Å². The molecule has 0 fully saturated rings. The average Bonchev–Trinajstić information content (AvgIpc) is 2.55. The Balaban J connectivity index is 2.82. The molecule has 2 aromatic rings. The molecule has 0 aliphatic heterocycles. The van der Waals surface area contributed by atoms with Crippen LogP contribution in [0, 0.1) is 0 Å². The van der Waals surface area contributed by atoms with Gasteiger partial charge in [-0.15, -0.1) is 0 Å². The number of ether oxygens (including phenoxy) is 4. The van der Waals surface area contributed by atoms with Crippen molar-refractivity contribution in [1.82, 2.24) is 0 Å². The Labute approximate surface area is 204 Å². The molecule has 0 saturated carbocycles. The molecule has 0 aliphatic rings. The van der Waals surface area contributed by atoms with E-state index in [1.54, 1.807) is 24.3 Å². The number of phenols is 2. The summed E-state index contributed by atoms with van der Waals surface area (Å²) < 4.78 is 24.3. The Kier molecular flexibility index (Phi) is 7.37. The molecule has 0 radical (unpaired) electrons. The fourth-order valence-electron chi connectivity index (χ4n) is 3.22. The zero-order valence-corrected chi connectivity index (χ0v) is 22.8. The molecule has 0 heterocycles. The monoisotopic (exact) mass is 474 g/mol. The van der Waals surface area contributed by atoms with Gasteiger partial charge in [-0.05, 0) is 95.2 Å². The molecule has 6 nitrogen and oxygen atoms in total. The van der Waals surface area contributed by atoms with Crippen LogP contribution in [0.2, 0.25) is 0 Å². The van der Waals surface area contributed by atoms with Crippen molar-refractivity contribution in [2.24, 2.45) is 0 Å². The summed E-state index contributed by atoms with van der Waals surface area (Å²) in [6.07, 6.45) is 0. The Hall–Kier alpha value is -2.76. The van der Waals surface area contributed by atoms with Gasteiger partial charge in [-0.25, -0.2) is 0 Å². The minimum atomic E-state index is -0.561. The van der Waals surface area contributed by atoms with Crippen molar-refractivity contribution in [2.75, 3.05) is 0 Å². The van der Waals surface area contributed by atoms with Crippen LogP contribution >= 0.6 is 0 Å². The predicted octanol–water partition coefficient (Wildman–Crippen LogP) is 7.47. The molecule has 2 rings (SSSR count). The summed E-state index contributed by atoms with van der Waals surface area (Å²) in [5.74, 6) is 1.29. The maximum atomic E-state index is 11.2. The average molecular weight is 475 g/mol. The minimum Gasteiger partial charge on any atom is -0.504 e. The lowest BCUT2D eigenvalue weighted by atomic mass is 10.0. The number of aromatic hydroxyl groups is 2. The van der Waals surface area contributed by atoms with E-state index < -0.39 is 22.4 Å². The van der Waals surface area contributed by atoms with Gasteiger partial charge in [0.15, 0.2) is 23.0 Å². The molecule has 2 aromatic carbocycles. The molecule has 0 spiro atoms. The lowest BCUT2D eigenvalue weighted by Crippen LogP contribution is -2.25. The molecule has 2 N–H and O–H groups in total. The Bertz CT molecular complexity index is 928. The molecule has 0 atom stereocenters. The highest BCUT2D eigenvalue weighted by Crippen LogP contribution is 2.49. The van der Waals surface area contributed by atoms with Crippen molar-refractivity contribution >= 4 is 0 Å². The molecule has 0 amide bonds. The lowest BCUT2D eigenvalue weighted by molar-refractivity contribution is 0.116. The third kappa shape index (κ3) is 8.23. The topological polar surface area (TPSA) is 77.4 Å². The van der Waals surface area contributed by atoms with Crippen molar-refractivity contribution in [2.45, 2.75) is 105 Å². The predicted molar refractivity (Wildman–Crippen MR) is 137 cm³/mol. The van der Waals surface area contributed by atoms with Gasteiger partial charge in [0.25, 0.3) is 0 Å². The van der Waals surface area contributed by atoms with Gasteiger partial charge in [0.1, 0.15) is 33.9 Å². The highest BCUT2D eigenvalue weighted by molar-refractivity contribution is 5.82. The van der Waals surface area contributed by atoms with E-state index in [2.05, 4.69) is 0 Å². The Morgan fingerprint density at radius 2 is 0.706 bits per heavy atom. The molecule has 0 unspecified atom stereocenters. The van der Waals surface area contributed by atoms with Crippen LogP contribution in [0.25, 0.3) is 11.1 Å². The number of benzene rings is 2. The maximum absolute atomic E-state index is 11.2. The van der Waals surface area contributed by atoms with Gasteiger partial charge in [-0.2, -0.15) is 0 Å². The van der Waals surface area contributed by atoms with Crippen molar-refractivity contribution in [3.05, 3.63) is 24.3 Å². The van der Waals surface area contributed by atoms with E-state index in [4.69, 9.17) is 18.9 Å². The minimum absolute atomic E-state index is 0.110. The first-order valence-corrected chi connectivity index (χ1v) is 11.6. The van der Waals surface area contributed by atoms with E-state index >= 15 is 0 Å². The number of hydrogen-bond acceptors (Lipinski definition) is 6. The summed E-state index contributed by atoms with van der Waals surface area (Å²) in [4.78, 5) is 0. The Morgan fingerprint density at radius 1 is 0.441 bits per heavy atom. The van der Waals surface area contributed by atoms with E-state index in [1.165, 1.54) is 0 Å². The molecule has 6 heteroatoms. The summed E-state index contributed by atoms with van der Waals surface area (Å²) in [5, 5.41) is 22.5. The SMILES string of the molecule is CC(C)(C)Oc1cc(OC(C)(C)C)c(O)c(-c2cc(OC(C)(C)C)cc(OC(C)(C)C)c2O)c1. The van der Waals surface area contributed by atoms with Gasteiger partial charge in [0.2, 0.25) is 0 Å². The third-order valence-electron chi connectivity index (χ3n) is 4.07. The van der Waals surface area contributed by atoms with Crippen LogP contribution in [0.5, 0.6) is 34.5 Å². The zero-order valence-electron chi connectivity index (χ0n) is 22.8. The van der Waals surface area contributed by atoms with Crippen LogP contribution in [0.15, 0.2) is 24.3 Å². The first-order chi connectivity index (χ1) is 15.1. The van der Waals surface area contributed by atoms with Crippen LogP contribution < -0.4 is 18.9 Å². The molecule has 0 saturated heterocycles. The van der Waals surface area contributed by atoms with Crippen LogP contribution in [0.4, 0.5) is 0 Å². The summed E-state index contributed by atoms with van der Waals surface area (Å²) in [5.41, 5.74) is -1.39. The van der Waals surface area contributed by atoms with Crippen LogP contribution in [0.1, 0.15) is 83.1 Å². The third-order valence-corrected chi connectivity index (χ3v) is 4.07. The highest BCUT2D eigenvalue weighted by Gasteiger charge is 2.26. The molecular weight excluding hydrogens is 432 g/mol.